The molecule has 2 heterocycles. The van der Waals surface area contributed by atoms with Gasteiger partial charge in [-0.1, -0.05) is 50.8 Å². The van der Waals surface area contributed by atoms with E-state index in [0.717, 1.165) is 41.6 Å². The molecular formula is C21H27N3O. The highest BCUT2D eigenvalue weighted by Gasteiger charge is 2.19. The molecule has 3 aromatic rings. The summed E-state index contributed by atoms with van der Waals surface area (Å²) in [4.78, 5) is 13.0. The summed E-state index contributed by atoms with van der Waals surface area (Å²) in [6.07, 6.45) is 10.6. The van der Waals surface area contributed by atoms with Crippen LogP contribution >= 0.6 is 0 Å². The minimum absolute atomic E-state index is 0.0598. The molecule has 1 aliphatic rings. The molecule has 0 radical (unpaired) electrons. The number of hydrogen-bond acceptors (Lipinski definition) is 2. The highest BCUT2D eigenvalue weighted by Crippen LogP contribution is 2.31. The summed E-state index contributed by atoms with van der Waals surface area (Å²) in [6, 6.07) is 8.33. The second-order valence-corrected chi connectivity index (χ2v) is 7.42. The van der Waals surface area contributed by atoms with Crippen LogP contribution in [0, 0.1) is 5.92 Å². The third-order valence-corrected chi connectivity index (χ3v) is 5.67. The Balaban J connectivity index is 1.86. The van der Waals surface area contributed by atoms with Crippen LogP contribution in [0.15, 0.2) is 35.3 Å². The van der Waals surface area contributed by atoms with Gasteiger partial charge >= 0.3 is 0 Å². The minimum Gasteiger partial charge on any atom is -0.339 e. The lowest BCUT2D eigenvalue weighted by Gasteiger charge is -2.23. The lowest BCUT2D eigenvalue weighted by atomic mass is 9.89. The van der Waals surface area contributed by atoms with Crippen molar-refractivity contribution in [1.82, 2.24) is 14.3 Å². The average Bonchev–Trinajstić information content (AvgIpc) is 2.97. The standard InChI is InChI=1S/C21H27N3O/c1-2-3-13-24-21(25)20-17-11-7-8-12-18(17)23(19(20)14-22-24)15-16-9-5-4-6-10-16/h7-8,11-12,14,16H,2-6,9-10,13,15H2,1H3. The zero-order valence-electron chi connectivity index (χ0n) is 15.1. The molecule has 2 aromatic heterocycles. The Bertz CT molecular complexity index is 931. The molecule has 25 heavy (non-hydrogen) atoms. The van der Waals surface area contributed by atoms with Gasteiger partial charge in [0.25, 0.3) is 5.56 Å². The van der Waals surface area contributed by atoms with Crippen molar-refractivity contribution < 1.29 is 0 Å². The highest BCUT2D eigenvalue weighted by atomic mass is 16.1. The number of aryl methyl sites for hydroxylation is 1. The molecule has 4 nitrogen and oxygen atoms in total. The zero-order chi connectivity index (χ0) is 17.2. The molecule has 1 fully saturated rings. The third-order valence-electron chi connectivity index (χ3n) is 5.67. The van der Waals surface area contributed by atoms with Gasteiger partial charge in [0.05, 0.1) is 17.1 Å². The van der Waals surface area contributed by atoms with Crippen LogP contribution in [0.25, 0.3) is 21.8 Å². The van der Waals surface area contributed by atoms with Crippen molar-refractivity contribution >= 4 is 21.8 Å². The molecule has 0 spiro atoms. The first-order valence-electron chi connectivity index (χ1n) is 9.76. The van der Waals surface area contributed by atoms with Gasteiger partial charge in [0.1, 0.15) is 0 Å². The number of unbranched alkanes of at least 4 members (excludes halogenated alkanes) is 1. The number of fused-ring (bicyclic) bond motifs is 3. The van der Waals surface area contributed by atoms with Gasteiger partial charge in [0.2, 0.25) is 0 Å². The van der Waals surface area contributed by atoms with E-state index in [1.807, 2.05) is 12.3 Å². The third kappa shape index (κ3) is 2.99. The average molecular weight is 337 g/mol. The predicted molar refractivity (Wildman–Crippen MR) is 103 cm³/mol. The molecule has 132 valence electrons. The van der Waals surface area contributed by atoms with E-state index in [1.165, 1.54) is 37.6 Å². The summed E-state index contributed by atoms with van der Waals surface area (Å²) in [7, 11) is 0. The van der Waals surface area contributed by atoms with Crippen LogP contribution in [-0.4, -0.2) is 14.3 Å². The van der Waals surface area contributed by atoms with Crippen LogP contribution in [0.1, 0.15) is 51.9 Å². The number of benzene rings is 1. The van der Waals surface area contributed by atoms with Crippen molar-refractivity contribution in [2.75, 3.05) is 0 Å². The van der Waals surface area contributed by atoms with Crippen LogP contribution in [0.3, 0.4) is 0 Å². The predicted octanol–water partition coefficient (Wildman–Crippen LogP) is 4.73. The van der Waals surface area contributed by atoms with E-state index in [9.17, 15) is 4.79 Å². The van der Waals surface area contributed by atoms with Crippen molar-refractivity contribution in [3.8, 4) is 0 Å². The van der Waals surface area contributed by atoms with Gasteiger partial charge in [-0.3, -0.25) is 4.79 Å². The van der Waals surface area contributed by atoms with Crippen LogP contribution in [0.4, 0.5) is 0 Å². The Labute approximate surface area is 148 Å². The summed E-state index contributed by atoms with van der Waals surface area (Å²) in [5.74, 6) is 0.718. The second-order valence-electron chi connectivity index (χ2n) is 7.42. The molecule has 4 heteroatoms. The molecule has 1 aliphatic carbocycles. The van der Waals surface area contributed by atoms with E-state index in [4.69, 9.17) is 0 Å². The topological polar surface area (TPSA) is 39.8 Å². The largest absolute Gasteiger partial charge is 0.339 e. The van der Waals surface area contributed by atoms with Gasteiger partial charge in [-0.25, -0.2) is 4.68 Å². The Morgan fingerprint density at radius 2 is 1.92 bits per heavy atom. The van der Waals surface area contributed by atoms with Crippen LogP contribution in [-0.2, 0) is 13.1 Å². The molecule has 0 amide bonds. The summed E-state index contributed by atoms with van der Waals surface area (Å²) in [5, 5.41) is 6.40. The number of para-hydroxylation sites is 1. The lowest BCUT2D eigenvalue weighted by molar-refractivity contribution is 0.325. The SMILES string of the molecule is CCCCn1ncc2c(c1=O)c1ccccc1n2CC1CCCCC1. The van der Waals surface area contributed by atoms with E-state index >= 15 is 0 Å². The fourth-order valence-electron chi connectivity index (χ4n) is 4.28. The first kappa shape index (κ1) is 16.4. The zero-order valence-corrected chi connectivity index (χ0v) is 15.1. The fourth-order valence-corrected chi connectivity index (χ4v) is 4.28. The number of hydrogen-bond donors (Lipinski definition) is 0. The van der Waals surface area contributed by atoms with E-state index in [-0.39, 0.29) is 5.56 Å². The maximum absolute atomic E-state index is 13.0. The van der Waals surface area contributed by atoms with Crippen molar-refractivity contribution in [3.63, 3.8) is 0 Å². The molecule has 4 rings (SSSR count). The Kier molecular flexibility index (Phi) is 4.60. The molecule has 0 aliphatic heterocycles. The molecule has 0 saturated heterocycles. The van der Waals surface area contributed by atoms with Crippen LogP contribution < -0.4 is 5.56 Å². The summed E-state index contributed by atoms with van der Waals surface area (Å²) in [5.41, 5.74) is 2.24. The van der Waals surface area contributed by atoms with Gasteiger partial charge < -0.3 is 4.57 Å². The number of aromatic nitrogens is 3. The van der Waals surface area contributed by atoms with Crippen molar-refractivity contribution in [3.05, 3.63) is 40.8 Å². The minimum atomic E-state index is 0.0598. The molecule has 0 atom stereocenters. The Hall–Kier alpha value is -2.10. The molecular weight excluding hydrogens is 310 g/mol. The van der Waals surface area contributed by atoms with Crippen LogP contribution in [0.5, 0.6) is 0 Å². The Morgan fingerprint density at radius 3 is 2.72 bits per heavy atom. The summed E-state index contributed by atoms with van der Waals surface area (Å²) >= 11 is 0. The van der Waals surface area contributed by atoms with Gasteiger partial charge in [0.15, 0.2) is 0 Å². The number of nitrogens with zero attached hydrogens (tertiary/aromatic N) is 3. The molecule has 0 bridgehead atoms. The van der Waals surface area contributed by atoms with Gasteiger partial charge in [-0.05, 0) is 31.2 Å². The smallest absolute Gasteiger partial charge is 0.276 e. The maximum Gasteiger partial charge on any atom is 0.276 e. The second kappa shape index (κ2) is 7.03. The molecule has 1 aromatic carbocycles. The molecule has 0 unspecified atom stereocenters. The van der Waals surface area contributed by atoms with E-state index < -0.39 is 0 Å². The summed E-state index contributed by atoms with van der Waals surface area (Å²) < 4.78 is 3.99. The number of rotatable bonds is 5. The van der Waals surface area contributed by atoms with Crippen molar-refractivity contribution in [2.45, 2.75) is 65.0 Å². The molecule has 0 N–H and O–H groups in total. The first-order valence-corrected chi connectivity index (χ1v) is 9.76. The van der Waals surface area contributed by atoms with Crippen LogP contribution in [0.2, 0.25) is 0 Å². The van der Waals surface area contributed by atoms with E-state index in [2.05, 4.69) is 34.8 Å². The van der Waals surface area contributed by atoms with E-state index in [0.29, 0.717) is 6.54 Å². The van der Waals surface area contributed by atoms with Crippen molar-refractivity contribution in [2.24, 2.45) is 5.92 Å². The monoisotopic (exact) mass is 337 g/mol. The molecule has 1 saturated carbocycles. The lowest BCUT2D eigenvalue weighted by Crippen LogP contribution is -2.23. The first-order chi connectivity index (χ1) is 12.3. The van der Waals surface area contributed by atoms with Gasteiger partial charge in [-0.15, -0.1) is 0 Å². The highest BCUT2D eigenvalue weighted by molar-refractivity contribution is 6.07. The fraction of sp³-hybridized carbons (Fsp3) is 0.524. The quantitative estimate of drug-likeness (QED) is 0.675. The normalized spacial score (nSPS) is 16.0. The maximum atomic E-state index is 13.0. The van der Waals surface area contributed by atoms with Crippen molar-refractivity contribution in [1.29, 1.82) is 0 Å². The van der Waals surface area contributed by atoms with Gasteiger partial charge in [0, 0.05) is 24.0 Å². The van der Waals surface area contributed by atoms with E-state index in [1.54, 1.807) is 4.68 Å². The van der Waals surface area contributed by atoms with Gasteiger partial charge in [-0.2, -0.15) is 5.10 Å². The summed E-state index contributed by atoms with van der Waals surface area (Å²) in [6.45, 7) is 3.84. The Morgan fingerprint density at radius 1 is 1.12 bits per heavy atom.